The molecule has 0 spiro atoms. The lowest BCUT2D eigenvalue weighted by atomic mass is 10.1. The monoisotopic (exact) mass is 521 g/mol. The van der Waals surface area contributed by atoms with Gasteiger partial charge in [-0.3, -0.25) is 14.3 Å². The molecule has 37 heavy (non-hydrogen) atoms. The molecule has 0 fully saturated rings. The van der Waals surface area contributed by atoms with E-state index in [0.717, 1.165) is 29.8 Å². The number of rotatable bonds is 9. The van der Waals surface area contributed by atoms with Crippen molar-refractivity contribution in [3.8, 4) is 11.4 Å². The number of aryl methyl sites for hydroxylation is 4. The SMILES string of the molecule is CCCc1ncnc(C)c1-c1ncc2nc(CCc3ccc(S(=O)(=O)CC)cn3)c(=O)n(C(C)C)c2n1. The standard InChI is InChI=1S/C26H31N7O3S/c1-6-8-20-23(17(5)29-15-30-20)24-28-14-22-25(32-24)33(16(3)4)26(34)21(31-22)12-10-18-9-11-19(13-27-18)37(35,36)7-2/h9,11,13-16H,6-8,10,12H2,1-5H3. The highest BCUT2D eigenvalue weighted by Gasteiger charge is 2.19. The number of sulfone groups is 1. The first-order valence-electron chi connectivity index (χ1n) is 12.4. The second-order valence-electron chi connectivity index (χ2n) is 9.15. The van der Waals surface area contributed by atoms with Crippen LogP contribution in [0.5, 0.6) is 0 Å². The summed E-state index contributed by atoms with van der Waals surface area (Å²) >= 11 is 0. The first-order chi connectivity index (χ1) is 17.7. The van der Waals surface area contributed by atoms with Gasteiger partial charge in [-0.15, -0.1) is 0 Å². The van der Waals surface area contributed by atoms with E-state index in [4.69, 9.17) is 4.98 Å². The summed E-state index contributed by atoms with van der Waals surface area (Å²) in [6.07, 6.45) is 7.04. The fraction of sp³-hybridized carbons (Fsp3) is 0.423. The van der Waals surface area contributed by atoms with Crippen LogP contribution >= 0.6 is 0 Å². The van der Waals surface area contributed by atoms with Gasteiger partial charge in [-0.25, -0.2) is 33.3 Å². The average molecular weight is 522 g/mol. The number of fused-ring (bicyclic) bond motifs is 1. The van der Waals surface area contributed by atoms with Crippen molar-refractivity contribution in [2.75, 3.05) is 5.75 Å². The topological polar surface area (TPSA) is 133 Å². The number of nitrogens with zero attached hydrogens (tertiary/aromatic N) is 7. The lowest BCUT2D eigenvalue weighted by molar-refractivity contribution is 0.584. The molecule has 0 unspecified atom stereocenters. The molecule has 0 atom stereocenters. The lowest BCUT2D eigenvalue weighted by Gasteiger charge is -2.16. The quantitative estimate of drug-likeness (QED) is 0.324. The summed E-state index contributed by atoms with van der Waals surface area (Å²) in [5.41, 5.74) is 4.29. The van der Waals surface area contributed by atoms with Crippen LogP contribution in [0.4, 0.5) is 0 Å². The molecular formula is C26H31N7O3S. The molecule has 4 aromatic heterocycles. The molecule has 0 aromatic carbocycles. The molecule has 0 amide bonds. The van der Waals surface area contributed by atoms with Crippen LogP contribution in [-0.2, 0) is 29.1 Å². The Balaban J connectivity index is 1.72. The molecule has 11 heteroatoms. The molecule has 0 aliphatic carbocycles. The molecule has 0 saturated heterocycles. The van der Waals surface area contributed by atoms with Crippen molar-refractivity contribution in [1.29, 1.82) is 0 Å². The third-order valence-electron chi connectivity index (χ3n) is 6.20. The lowest BCUT2D eigenvalue weighted by Crippen LogP contribution is -2.28. The molecule has 0 aliphatic heterocycles. The second kappa shape index (κ2) is 10.8. The normalized spacial score (nSPS) is 11.9. The maximum absolute atomic E-state index is 13.5. The van der Waals surface area contributed by atoms with Gasteiger partial charge in [0.25, 0.3) is 5.56 Å². The highest BCUT2D eigenvalue weighted by Crippen LogP contribution is 2.24. The first-order valence-corrected chi connectivity index (χ1v) is 14.1. The van der Waals surface area contributed by atoms with Crippen LogP contribution in [0.2, 0.25) is 0 Å². The summed E-state index contributed by atoms with van der Waals surface area (Å²) in [6, 6.07) is 3.08. The molecule has 194 valence electrons. The Labute approximate surface area is 216 Å². The van der Waals surface area contributed by atoms with Crippen LogP contribution in [0.25, 0.3) is 22.6 Å². The molecule has 0 N–H and O–H groups in total. The zero-order valence-corrected chi connectivity index (χ0v) is 22.6. The fourth-order valence-electron chi connectivity index (χ4n) is 4.21. The predicted molar refractivity (Wildman–Crippen MR) is 141 cm³/mol. The van der Waals surface area contributed by atoms with Gasteiger partial charge in [-0.05, 0) is 45.7 Å². The minimum Gasteiger partial charge on any atom is -0.287 e. The number of aromatic nitrogens is 7. The van der Waals surface area contributed by atoms with Crippen LogP contribution in [-0.4, -0.2) is 48.6 Å². The minimum atomic E-state index is -3.31. The van der Waals surface area contributed by atoms with Crippen molar-refractivity contribution in [3.05, 3.63) is 64.0 Å². The van der Waals surface area contributed by atoms with Gasteiger partial charge in [0.15, 0.2) is 21.3 Å². The molecule has 4 rings (SSSR count). The highest BCUT2D eigenvalue weighted by atomic mass is 32.2. The Morgan fingerprint density at radius 2 is 1.70 bits per heavy atom. The Morgan fingerprint density at radius 1 is 0.919 bits per heavy atom. The minimum absolute atomic E-state index is 0.0182. The van der Waals surface area contributed by atoms with Crippen LogP contribution in [0, 0.1) is 6.92 Å². The van der Waals surface area contributed by atoms with Gasteiger partial charge in [0.05, 0.1) is 33.8 Å². The average Bonchev–Trinajstić information content (AvgIpc) is 2.87. The van der Waals surface area contributed by atoms with Gasteiger partial charge in [-0.2, -0.15) is 0 Å². The molecule has 4 heterocycles. The van der Waals surface area contributed by atoms with Crippen molar-refractivity contribution in [2.45, 2.75) is 71.2 Å². The summed E-state index contributed by atoms with van der Waals surface area (Å²) in [7, 11) is -3.31. The summed E-state index contributed by atoms with van der Waals surface area (Å²) in [5, 5.41) is 0. The van der Waals surface area contributed by atoms with E-state index in [9.17, 15) is 13.2 Å². The van der Waals surface area contributed by atoms with E-state index >= 15 is 0 Å². The molecule has 0 saturated carbocycles. The third-order valence-corrected chi connectivity index (χ3v) is 7.92. The Bertz CT molecular complexity index is 1600. The summed E-state index contributed by atoms with van der Waals surface area (Å²) < 4.78 is 25.7. The molecule has 10 nitrogen and oxygen atoms in total. The van der Waals surface area contributed by atoms with E-state index < -0.39 is 9.84 Å². The number of pyridine rings is 1. The zero-order valence-electron chi connectivity index (χ0n) is 21.8. The van der Waals surface area contributed by atoms with Crippen LogP contribution < -0.4 is 5.56 Å². The molecular weight excluding hydrogens is 490 g/mol. The van der Waals surface area contributed by atoms with Crippen molar-refractivity contribution in [3.63, 3.8) is 0 Å². The first kappa shape index (κ1) is 26.5. The van der Waals surface area contributed by atoms with E-state index in [1.54, 1.807) is 36.1 Å². The van der Waals surface area contributed by atoms with E-state index in [1.165, 1.54) is 6.20 Å². The van der Waals surface area contributed by atoms with Gasteiger partial charge in [0.2, 0.25) is 0 Å². The fourth-order valence-corrected chi connectivity index (χ4v) is 5.03. The van der Waals surface area contributed by atoms with E-state index in [0.29, 0.717) is 41.2 Å². The van der Waals surface area contributed by atoms with Crippen molar-refractivity contribution in [2.24, 2.45) is 0 Å². The smallest absolute Gasteiger partial charge is 0.274 e. The van der Waals surface area contributed by atoms with Crippen molar-refractivity contribution < 1.29 is 8.42 Å². The van der Waals surface area contributed by atoms with Crippen molar-refractivity contribution >= 4 is 21.0 Å². The van der Waals surface area contributed by atoms with Gasteiger partial charge in [0, 0.05) is 24.4 Å². The number of hydrogen-bond donors (Lipinski definition) is 0. The predicted octanol–water partition coefficient (Wildman–Crippen LogP) is 3.46. The van der Waals surface area contributed by atoms with Crippen molar-refractivity contribution in [1.82, 2.24) is 34.5 Å². The van der Waals surface area contributed by atoms with Gasteiger partial charge in [0.1, 0.15) is 17.5 Å². The summed E-state index contributed by atoms with van der Waals surface area (Å²) in [6.45, 7) is 9.45. The van der Waals surface area contributed by atoms with Gasteiger partial charge in [-0.1, -0.05) is 20.3 Å². The van der Waals surface area contributed by atoms with Gasteiger partial charge < -0.3 is 0 Å². The van der Waals surface area contributed by atoms with Crippen LogP contribution in [0.1, 0.15) is 62.9 Å². The zero-order chi connectivity index (χ0) is 26.7. The van der Waals surface area contributed by atoms with Crippen LogP contribution in [0.15, 0.2) is 40.5 Å². The Hall–Kier alpha value is -3.60. The van der Waals surface area contributed by atoms with E-state index in [-0.39, 0.29) is 22.2 Å². The molecule has 0 aliphatic rings. The van der Waals surface area contributed by atoms with Gasteiger partial charge >= 0.3 is 0 Å². The maximum Gasteiger partial charge on any atom is 0.274 e. The summed E-state index contributed by atoms with van der Waals surface area (Å²) in [5.74, 6) is 0.494. The Kier molecular flexibility index (Phi) is 7.72. The molecule has 4 aromatic rings. The third kappa shape index (κ3) is 5.41. The number of hydrogen-bond acceptors (Lipinski definition) is 9. The van der Waals surface area contributed by atoms with E-state index in [1.807, 2.05) is 20.8 Å². The Morgan fingerprint density at radius 3 is 2.35 bits per heavy atom. The maximum atomic E-state index is 13.5. The molecule has 0 bridgehead atoms. The second-order valence-corrected chi connectivity index (χ2v) is 11.4. The summed E-state index contributed by atoms with van der Waals surface area (Å²) in [4.78, 5) is 40.7. The van der Waals surface area contributed by atoms with Crippen LogP contribution in [0.3, 0.4) is 0 Å². The highest BCUT2D eigenvalue weighted by molar-refractivity contribution is 7.91. The largest absolute Gasteiger partial charge is 0.287 e. The van der Waals surface area contributed by atoms with E-state index in [2.05, 4.69) is 31.8 Å². The molecule has 0 radical (unpaired) electrons.